The van der Waals surface area contributed by atoms with Gasteiger partial charge in [-0.15, -0.1) is 0 Å². The van der Waals surface area contributed by atoms with Crippen LogP contribution in [0.15, 0.2) is 96.6 Å². The third-order valence-electron chi connectivity index (χ3n) is 7.35. The van der Waals surface area contributed by atoms with Gasteiger partial charge < -0.3 is 9.47 Å². The Morgan fingerprint density at radius 1 is 0.762 bits per heavy atom. The van der Waals surface area contributed by atoms with Gasteiger partial charge in [-0.05, 0) is 48.1 Å². The standard InChI is InChI=1S/C33H31FN2O6/c34-27-15-7-13-25(18-27)17-26(31(38)36-29(22-42-33(36)40)20-24-11-5-2-6-12-24)14-8-16-30(37)35-28(21-41-32(35)39)19-23-9-3-1-4-10-23/h1-7,9-15,18,28-29H,8,16-17,19-22H2/b26-14+/t28-,29-/m0/s1. The van der Waals surface area contributed by atoms with Crippen molar-refractivity contribution >= 4 is 24.0 Å². The second-order valence-corrected chi connectivity index (χ2v) is 10.4. The Hall–Kier alpha value is -4.79. The van der Waals surface area contributed by atoms with Gasteiger partial charge in [-0.3, -0.25) is 9.59 Å². The Morgan fingerprint density at radius 2 is 1.31 bits per heavy atom. The molecule has 0 aromatic heterocycles. The Balaban J connectivity index is 1.32. The topological polar surface area (TPSA) is 93.2 Å². The van der Waals surface area contributed by atoms with Crippen LogP contribution < -0.4 is 0 Å². The van der Waals surface area contributed by atoms with Gasteiger partial charge in [0, 0.05) is 18.4 Å². The van der Waals surface area contributed by atoms with E-state index >= 15 is 0 Å². The largest absolute Gasteiger partial charge is 0.447 e. The summed E-state index contributed by atoms with van der Waals surface area (Å²) in [6.45, 7) is 0.170. The molecular formula is C33H31FN2O6. The van der Waals surface area contributed by atoms with Crippen LogP contribution in [0.2, 0.25) is 0 Å². The normalized spacial score (nSPS) is 18.6. The van der Waals surface area contributed by atoms with Crippen molar-refractivity contribution in [2.75, 3.05) is 13.2 Å². The molecule has 0 aliphatic carbocycles. The molecule has 2 aliphatic rings. The summed E-state index contributed by atoms with van der Waals surface area (Å²) in [6, 6.07) is 23.9. The number of carbonyl (C=O) groups excluding carboxylic acids is 4. The first-order valence-electron chi connectivity index (χ1n) is 13.9. The number of hydrogen-bond donors (Lipinski definition) is 0. The Kier molecular flexibility index (Phi) is 9.06. The zero-order valence-corrected chi connectivity index (χ0v) is 23.0. The van der Waals surface area contributed by atoms with Crippen LogP contribution in [0, 0.1) is 5.82 Å². The van der Waals surface area contributed by atoms with Crippen molar-refractivity contribution in [2.45, 2.75) is 44.2 Å². The number of halogens is 1. The molecule has 0 radical (unpaired) electrons. The van der Waals surface area contributed by atoms with Crippen LogP contribution in [0.25, 0.3) is 0 Å². The van der Waals surface area contributed by atoms with Crippen molar-refractivity contribution in [3.8, 4) is 0 Å². The minimum Gasteiger partial charge on any atom is -0.447 e. The summed E-state index contributed by atoms with van der Waals surface area (Å²) in [6.07, 6.45) is 1.16. The highest BCUT2D eigenvalue weighted by Crippen LogP contribution is 2.24. The smallest absolute Gasteiger partial charge is 0.417 e. The highest BCUT2D eigenvalue weighted by molar-refractivity contribution is 6.03. The number of nitrogens with zero attached hydrogens (tertiary/aromatic N) is 2. The van der Waals surface area contributed by atoms with Gasteiger partial charge in [0.15, 0.2) is 0 Å². The molecule has 3 aromatic carbocycles. The van der Waals surface area contributed by atoms with Crippen molar-refractivity contribution in [3.63, 3.8) is 0 Å². The highest BCUT2D eigenvalue weighted by Gasteiger charge is 2.40. The second kappa shape index (κ2) is 13.2. The number of carbonyl (C=O) groups is 4. The molecule has 0 bridgehead atoms. The average Bonchev–Trinajstić information content (AvgIpc) is 3.54. The summed E-state index contributed by atoms with van der Waals surface area (Å²) in [5.74, 6) is -1.43. The summed E-state index contributed by atoms with van der Waals surface area (Å²) in [7, 11) is 0. The van der Waals surface area contributed by atoms with E-state index in [1.54, 1.807) is 18.2 Å². The first-order valence-corrected chi connectivity index (χ1v) is 13.9. The SMILES string of the molecule is O=C(CC/C=C(\Cc1cccc(F)c1)C(=O)N1C(=O)OC[C@@H]1Cc1ccccc1)N1C(=O)OC[C@@H]1Cc1ccccc1. The van der Waals surface area contributed by atoms with Gasteiger partial charge in [-0.2, -0.15) is 0 Å². The maximum atomic E-state index is 14.0. The molecule has 216 valence electrons. The lowest BCUT2D eigenvalue weighted by molar-refractivity contribution is -0.129. The predicted octanol–water partition coefficient (Wildman–Crippen LogP) is 5.26. The summed E-state index contributed by atoms with van der Waals surface area (Å²) in [5, 5.41) is 0. The van der Waals surface area contributed by atoms with Gasteiger partial charge in [-0.25, -0.2) is 23.8 Å². The molecule has 8 nitrogen and oxygen atoms in total. The highest BCUT2D eigenvalue weighted by atomic mass is 19.1. The maximum absolute atomic E-state index is 14.0. The van der Waals surface area contributed by atoms with Gasteiger partial charge in [0.2, 0.25) is 5.91 Å². The predicted molar refractivity (Wildman–Crippen MR) is 152 cm³/mol. The van der Waals surface area contributed by atoms with Crippen molar-refractivity contribution in [2.24, 2.45) is 0 Å². The van der Waals surface area contributed by atoms with Crippen LogP contribution in [0.5, 0.6) is 0 Å². The quantitative estimate of drug-likeness (QED) is 0.309. The fourth-order valence-corrected chi connectivity index (χ4v) is 5.30. The number of cyclic esters (lactones) is 2. The molecular weight excluding hydrogens is 539 g/mol. The number of hydrogen-bond acceptors (Lipinski definition) is 6. The van der Waals surface area contributed by atoms with Crippen molar-refractivity contribution in [3.05, 3.63) is 119 Å². The number of allylic oxidation sites excluding steroid dienone is 1. The van der Waals surface area contributed by atoms with Crippen LogP contribution in [0.3, 0.4) is 0 Å². The molecule has 0 saturated carbocycles. The molecule has 2 atom stereocenters. The van der Waals surface area contributed by atoms with Crippen LogP contribution in [0.1, 0.15) is 29.5 Å². The van der Waals surface area contributed by atoms with E-state index in [4.69, 9.17) is 9.47 Å². The van der Waals surface area contributed by atoms with Crippen molar-refractivity contribution < 1.29 is 33.0 Å². The molecule has 42 heavy (non-hydrogen) atoms. The molecule has 0 N–H and O–H groups in total. The van der Waals surface area contributed by atoms with E-state index in [9.17, 15) is 23.6 Å². The summed E-state index contributed by atoms with van der Waals surface area (Å²) in [5.41, 5.74) is 2.70. The zero-order chi connectivity index (χ0) is 29.5. The fraction of sp³-hybridized carbons (Fsp3) is 0.273. The number of ether oxygens (including phenoxy) is 2. The van der Waals surface area contributed by atoms with Gasteiger partial charge in [0.05, 0.1) is 12.1 Å². The van der Waals surface area contributed by atoms with Gasteiger partial charge >= 0.3 is 12.2 Å². The number of rotatable bonds is 10. The van der Waals surface area contributed by atoms with Crippen LogP contribution in [-0.2, 0) is 38.3 Å². The lowest BCUT2D eigenvalue weighted by Gasteiger charge is -2.22. The average molecular weight is 571 g/mol. The maximum Gasteiger partial charge on any atom is 0.417 e. The lowest BCUT2D eigenvalue weighted by Crippen LogP contribution is -2.41. The molecule has 4 amide bonds. The van der Waals surface area contributed by atoms with Gasteiger partial charge in [-0.1, -0.05) is 78.9 Å². The van der Waals surface area contributed by atoms with E-state index in [1.807, 2.05) is 60.7 Å². The van der Waals surface area contributed by atoms with E-state index in [2.05, 4.69) is 0 Å². The van der Waals surface area contributed by atoms with E-state index in [0.29, 0.717) is 18.4 Å². The molecule has 0 unspecified atom stereocenters. The third-order valence-corrected chi connectivity index (χ3v) is 7.35. The van der Waals surface area contributed by atoms with Gasteiger partial charge in [0.25, 0.3) is 5.91 Å². The van der Waals surface area contributed by atoms with E-state index in [0.717, 1.165) is 20.9 Å². The van der Waals surface area contributed by atoms with Crippen LogP contribution >= 0.6 is 0 Å². The Labute approximate surface area is 243 Å². The monoisotopic (exact) mass is 570 g/mol. The van der Waals surface area contributed by atoms with E-state index in [1.165, 1.54) is 12.1 Å². The molecule has 2 fully saturated rings. The molecule has 2 heterocycles. The number of benzene rings is 3. The Morgan fingerprint density at radius 3 is 1.90 bits per heavy atom. The summed E-state index contributed by atoms with van der Waals surface area (Å²) in [4.78, 5) is 54.3. The zero-order valence-electron chi connectivity index (χ0n) is 23.0. The van der Waals surface area contributed by atoms with Crippen LogP contribution in [-0.4, -0.2) is 59.1 Å². The molecule has 0 spiro atoms. The fourth-order valence-electron chi connectivity index (χ4n) is 5.30. The third kappa shape index (κ3) is 6.91. The minimum atomic E-state index is -0.745. The van der Waals surface area contributed by atoms with Crippen LogP contribution in [0.4, 0.5) is 14.0 Å². The number of amides is 4. The number of imide groups is 2. The van der Waals surface area contributed by atoms with Crippen molar-refractivity contribution in [1.82, 2.24) is 9.80 Å². The summed E-state index contributed by atoms with van der Waals surface area (Å²) < 4.78 is 24.4. The molecule has 2 saturated heterocycles. The first kappa shape index (κ1) is 28.7. The molecule has 5 rings (SSSR count). The van der Waals surface area contributed by atoms with E-state index < -0.39 is 41.9 Å². The van der Waals surface area contributed by atoms with Gasteiger partial charge in [0.1, 0.15) is 19.0 Å². The molecule has 2 aliphatic heterocycles. The minimum absolute atomic E-state index is 0.0506. The lowest BCUT2D eigenvalue weighted by atomic mass is 10.00. The Bertz CT molecular complexity index is 1480. The first-order chi connectivity index (χ1) is 20.4. The van der Waals surface area contributed by atoms with Crippen molar-refractivity contribution in [1.29, 1.82) is 0 Å². The molecule has 3 aromatic rings. The molecule has 9 heteroatoms. The van der Waals surface area contributed by atoms with E-state index in [-0.39, 0.29) is 38.0 Å². The second-order valence-electron chi connectivity index (χ2n) is 10.4. The summed E-state index contributed by atoms with van der Waals surface area (Å²) >= 11 is 0.